The first-order valence-electron chi connectivity index (χ1n) is 7.39. The first kappa shape index (κ1) is 17.2. The average molecular weight is 326 g/mol. The van der Waals surface area contributed by atoms with E-state index in [2.05, 4.69) is 10.6 Å². The molecule has 124 valence electrons. The third-order valence-corrected chi connectivity index (χ3v) is 3.35. The van der Waals surface area contributed by atoms with Gasteiger partial charge in [-0.3, -0.25) is 9.59 Å². The fourth-order valence-corrected chi connectivity index (χ4v) is 2.02. The molecule has 0 saturated carbocycles. The lowest BCUT2D eigenvalue weighted by molar-refractivity contribution is -0.126. The van der Waals surface area contributed by atoms with E-state index in [-0.39, 0.29) is 18.5 Å². The predicted molar refractivity (Wildman–Crippen MR) is 89.7 cm³/mol. The molecule has 2 aromatic carbocycles. The highest BCUT2D eigenvalue weighted by Crippen LogP contribution is 2.09. The summed E-state index contributed by atoms with van der Waals surface area (Å²) in [4.78, 5) is 34.3. The molecule has 24 heavy (non-hydrogen) atoms. The zero-order valence-electron chi connectivity index (χ0n) is 13.2. The van der Waals surface area contributed by atoms with Crippen molar-refractivity contribution < 1.29 is 19.5 Å². The van der Waals surface area contributed by atoms with Gasteiger partial charge in [-0.05, 0) is 36.8 Å². The minimum atomic E-state index is -1.00. The van der Waals surface area contributed by atoms with Crippen molar-refractivity contribution >= 4 is 23.5 Å². The van der Waals surface area contributed by atoms with E-state index in [1.165, 1.54) is 12.1 Å². The van der Waals surface area contributed by atoms with Crippen LogP contribution >= 0.6 is 0 Å². The fraction of sp³-hybridized carbons (Fsp3) is 0.167. The molecule has 0 radical (unpaired) electrons. The lowest BCUT2D eigenvalue weighted by atomic mass is 10.1. The quantitative estimate of drug-likeness (QED) is 0.710. The second-order valence-corrected chi connectivity index (χ2v) is 5.37. The Morgan fingerprint density at radius 2 is 1.54 bits per heavy atom. The number of aryl methyl sites for hydroxylation is 1. The molecule has 0 aliphatic rings. The van der Waals surface area contributed by atoms with Crippen molar-refractivity contribution in [3.8, 4) is 0 Å². The van der Waals surface area contributed by atoms with Gasteiger partial charge < -0.3 is 15.7 Å². The van der Waals surface area contributed by atoms with Crippen LogP contribution in [-0.2, 0) is 16.1 Å². The van der Waals surface area contributed by atoms with Gasteiger partial charge in [-0.25, -0.2) is 4.79 Å². The number of amides is 2. The molecule has 0 atom stereocenters. The number of hydrogen-bond donors (Lipinski definition) is 3. The van der Waals surface area contributed by atoms with Crippen molar-refractivity contribution in [3.63, 3.8) is 0 Å². The van der Waals surface area contributed by atoms with Gasteiger partial charge in [0.2, 0.25) is 11.8 Å². The van der Waals surface area contributed by atoms with Crippen molar-refractivity contribution in [1.82, 2.24) is 5.32 Å². The molecule has 0 fully saturated rings. The maximum atomic E-state index is 11.8. The number of rotatable bonds is 6. The van der Waals surface area contributed by atoms with Gasteiger partial charge >= 0.3 is 5.97 Å². The predicted octanol–water partition coefficient (Wildman–Crippen LogP) is 2.34. The van der Waals surface area contributed by atoms with Gasteiger partial charge in [-0.1, -0.05) is 29.8 Å². The van der Waals surface area contributed by atoms with Gasteiger partial charge in [0.05, 0.1) is 5.56 Å². The Hall–Kier alpha value is -3.15. The van der Waals surface area contributed by atoms with E-state index in [4.69, 9.17) is 5.11 Å². The molecule has 0 aliphatic heterocycles. The third-order valence-electron chi connectivity index (χ3n) is 3.35. The van der Waals surface area contributed by atoms with Crippen molar-refractivity contribution in [2.45, 2.75) is 19.9 Å². The number of carboxylic acid groups (broad SMARTS) is 1. The van der Waals surface area contributed by atoms with Crippen LogP contribution in [0.3, 0.4) is 0 Å². The van der Waals surface area contributed by atoms with E-state index in [1.807, 2.05) is 19.1 Å². The van der Waals surface area contributed by atoms with Gasteiger partial charge in [0.25, 0.3) is 0 Å². The SMILES string of the molecule is Cc1ccc(NC(=O)CC(=O)NCc2ccc(C(=O)O)cc2)cc1. The van der Waals surface area contributed by atoms with Crippen LogP contribution in [0.4, 0.5) is 5.69 Å². The summed E-state index contributed by atoms with van der Waals surface area (Å²) >= 11 is 0. The van der Waals surface area contributed by atoms with E-state index in [9.17, 15) is 14.4 Å². The lowest BCUT2D eigenvalue weighted by Gasteiger charge is -2.07. The van der Waals surface area contributed by atoms with Crippen molar-refractivity contribution in [2.24, 2.45) is 0 Å². The molecule has 2 amide bonds. The minimum absolute atomic E-state index is 0.183. The summed E-state index contributed by atoms with van der Waals surface area (Å²) in [6.45, 7) is 2.18. The molecule has 0 heterocycles. The van der Waals surface area contributed by atoms with Gasteiger partial charge in [-0.15, -0.1) is 0 Å². The molecule has 2 aromatic rings. The molecule has 6 nitrogen and oxygen atoms in total. The monoisotopic (exact) mass is 326 g/mol. The molecule has 6 heteroatoms. The maximum absolute atomic E-state index is 11.8. The molecular weight excluding hydrogens is 308 g/mol. The number of carbonyl (C=O) groups excluding carboxylic acids is 2. The van der Waals surface area contributed by atoms with E-state index in [0.717, 1.165) is 11.1 Å². The van der Waals surface area contributed by atoms with Crippen LogP contribution in [0.15, 0.2) is 48.5 Å². The summed E-state index contributed by atoms with van der Waals surface area (Å²) < 4.78 is 0. The Kier molecular flexibility index (Phi) is 5.68. The van der Waals surface area contributed by atoms with Crippen LogP contribution < -0.4 is 10.6 Å². The number of carbonyl (C=O) groups is 3. The number of anilines is 1. The zero-order valence-corrected chi connectivity index (χ0v) is 13.2. The number of carboxylic acids is 1. The molecular formula is C18H18N2O4. The maximum Gasteiger partial charge on any atom is 0.335 e. The summed E-state index contributed by atoms with van der Waals surface area (Å²) in [6.07, 6.45) is -0.277. The summed E-state index contributed by atoms with van der Waals surface area (Å²) in [5.41, 5.74) is 2.66. The largest absolute Gasteiger partial charge is 0.478 e. The molecule has 0 spiro atoms. The molecule has 0 saturated heterocycles. The first-order valence-corrected chi connectivity index (χ1v) is 7.39. The fourth-order valence-electron chi connectivity index (χ4n) is 2.02. The smallest absolute Gasteiger partial charge is 0.335 e. The Labute approximate surface area is 139 Å². The number of nitrogens with one attached hydrogen (secondary N) is 2. The Balaban J connectivity index is 1.79. The summed E-state index contributed by atoms with van der Waals surface area (Å²) in [7, 11) is 0. The second kappa shape index (κ2) is 7.92. The van der Waals surface area contributed by atoms with E-state index in [1.54, 1.807) is 24.3 Å². The zero-order chi connectivity index (χ0) is 17.5. The summed E-state index contributed by atoms with van der Waals surface area (Å²) in [5.74, 6) is -1.79. The number of benzene rings is 2. The number of hydrogen-bond acceptors (Lipinski definition) is 3. The van der Waals surface area contributed by atoms with Crippen molar-refractivity contribution in [1.29, 1.82) is 0 Å². The minimum Gasteiger partial charge on any atom is -0.478 e. The van der Waals surface area contributed by atoms with E-state index >= 15 is 0 Å². The lowest BCUT2D eigenvalue weighted by Crippen LogP contribution is -2.27. The van der Waals surface area contributed by atoms with E-state index < -0.39 is 17.8 Å². The highest BCUT2D eigenvalue weighted by Gasteiger charge is 2.10. The van der Waals surface area contributed by atoms with Crippen molar-refractivity contribution in [3.05, 3.63) is 65.2 Å². The number of aromatic carboxylic acids is 1. The molecule has 0 aliphatic carbocycles. The molecule has 0 aromatic heterocycles. The molecule has 0 unspecified atom stereocenters. The van der Waals surface area contributed by atoms with Crippen molar-refractivity contribution in [2.75, 3.05) is 5.32 Å². The normalized spacial score (nSPS) is 10.0. The van der Waals surface area contributed by atoms with Gasteiger partial charge in [-0.2, -0.15) is 0 Å². The Bertz CT molecular complexity index is 737. The van der Waals surface area contributed by atoms with Crippen LogP contribution in [0.25, 0.3) is 0 Å². The molecule has 3 N–H and O–H groups in total. The van der Waals surface area contributed by atoms with Gasteiger partial charge in [0, 0.05) is 12.2 Å². The summed E-state index contributed by atoms with van der Waals surface area (Å²) in [6, 6.07) is 13.5. The first-order chi connectivity index (χ1) is 11.4. The van der Waals surface area contributed by atoms with Crippen LogP contribution in [0.1, 0.15) is 27.9 Å². The Morgan fingerprint density at radius 3 is 2.12 bits per heavy atom. The van der Waals surface area contributed by atoms with Gasteiger partial charge in [0.15, 0.2) is 0 Å². The van der Waals surface area contributed by atoms with Crippen LogP contribution in [0, 0.1) is 6.92 Å². The van der Waals surface area contributed by atoms with Crippen LogP contribution in [-0.4, -0.2) is 22.9 Å². The summed E-state index contributed by atoms with van der Waals surface area (Å²) in [5, 5.41) is 14.1. The molecule has 2 rings (SSSR count). The standard InChI is InChI=1S/C18H18N2O4/c1-12-2-8-15(9-3-12)20-17(22)10-16(21)19-11-13-4-6-14(7-5-13)18(23)24/h2-9H,10-11H2,1H3,(H,19,21)(H,20,22)(H,23,24). The second-order valence-electron chi connectivity index (χ2n) is 5.37. The van der Waals surface area contributed by atoms with Crippen LogP contribution in [0.2, 0.25) is 0 Å². The third kappa shape index (κ3) is 5.24. The van der Waals surface area contributed by atoms with Gasteiger partial charge in [0.1, 0.15) is 6.42 Å². The van der Waals surface area contributed by atoms with E-state index in [0.29, 0.717) is 5.69 Å². The average Bonchev–Trinajstić information content (AvgIpc) is 2.55. The highest BCUT2D eigenvalue weighted by molar-refractivity contribution is 6.03. The Morgan fingerprint density at radius 1 is 0.917 bits per heavy atom. The molecule has 0 bridgehead atoms. The van der Waals surface area contributed by atoms with Crippen LogP contribution in [0.5, 0.6) is 0 Å². The highest BCUT2D eigenvalue weighted by atomic mass is 16.4. The topological polar surface area (TPSA) is 95.5 Å².